The first-order chi connectivity index (χ1) is 9.78. The van der Waals surface area contributed by atoms with Gasteiger partial charge in [-0.25, -0.2) is 8.42 Å². The van der Waals surface area contributed by atoms with Crippen LogP contribution in [-0.2, 0) is 16.6 Å². The van der Waals surface area contributed by atoms with Gasteiger partial charge in [0, 0.05) is 23.2 Å². The van der Waals surface area contributed by atoms with Crippen molar-refractivity contribution in [3.05, 3.63) is 27.7 Å². The van der Waals surface area contributed by atoms with Gasteiger partial charge in [-0.3, -0.25) is 0 Å². The van der Waals surface area contributed by atoms with Crippen LogP contribution in [0.3, 0.4) is 0 Å². The predicted octanol–water partition coefficient (Wildman–Crippen LogP) is 3.29. The number of aliphatic hydroxyl groups excluding tert-OH is 1. The number of halogens is 2. The van der Waals surface area contributed by atoms with Crippen molar-refractivity contribution in [2.45, 2.75) is 44.2 Å². The highest BCUT2D eigenvalue weighted by molar-refractivity contribution is 7.89. The van der Waals surface area contributed by atoms with E-state index in [0.29, 0.717) is 12.5 Å². The molecule has 2 rings (SSSR count). The van der Waals surface area contributed by atoms with Gasteiger partial charge in [0.15, 0.2) is 0 Å². The van der Waals surface area contributed by atoms with Crippen molar-refractivity contribution in [3.8, 4) is 0 Å². The summed E-state index contributed by atoms with van der Waals surface area (Å²) in [6, 6.07) is 2.80. The van der Waals surface area contributed by atoms with Gasteiger partial charge >= 0.3 is 0 Å². The van der Waals surface area contributed by atoms with E-state index in [1.165, 1.54) is 16.4 Å². The molecule has 0 spiro atoms. The summed E-state index contributed by atoms with van der Waals surface area (Å²) < 4.78 is 27.1. The largest absolute Gasteiger partial charge is 0.392 e. The molecule has 1 aliphatic heterocycles. The van der Waals surface area contributed by atoms with Gasteiger partial charge in [-0.2, -0.15) is 4.31 Å². The van der Waals surface area contributed by atoms with E-state index in [-0.39, 0.29) is 26.5 Å². The maximum absolute atomic E-state index is 12.8. The van der Waals surface area contributed by atoms with Crippen LogP contribution in [0.25, 0.3) is 0 Å². The first-order valence-electron chi connectivity index (χ1n) is 6.88. The Kier molecular flexibility index (Phi) is 5.21. The van der Waals surface area contributed by atoms with Crippen molar-refractivity contribution in [2.24, 2.45) is 5.92 Å². The standard InChI is InChI=1S/C14H19Cl2NO3S/c1-9-5-6-17(10(2)7-9)21(19,20)13-4-3-12(15)11(8-18)14(13)16/h3-4,9-10,18H,5-8H2,1-2H3. The van der Waals surface area contributed by atoms with Crippen molar-refractivity contribution in [3.63, 3.8) is 0 Å². The van der Waals surface area contributed by atoms with Crippen molar-refractivity contribution < 1.29 is 13.5 Å². The minimum atomic E-state index is -3.68. The fraction of sp³-hybridized carbons (Fsp3) is 0.571. The fourth-order valence-corrected chi connectivity index (χ4v) is 5.32. The number of hydrogen-bond donors (Lipinski definition) is 1. The van der Waals surface area contributed by atoms with E-state index in [4.69, 9.17) is 23.2 Å². The van der Waals surface area contributed by atoms with Crippen LogP contribution in [-0.4, -0.2) is 30.4 Å². The van der Waals surface area contributed by atoms with E-state index >= 15 is 0 Å². The summed E-state index contributed by atoms with van der Waals surface area (Å²) in [6.07, 6.45) is 1.67. The molecule has 21 heavy (non-hydrogen) atoms. The van der Waals surface area contributed by atoms with Crippen LogP contribution in [0.1, 0.15) is 32.3 Å². The van der Waals surface area contributed by atoms with Crippen molar-refractivity contribution in [1.82, 2.24) is 4.31 Å². The highest BCUT2D eigenvalue weighted by atomic mass is 35.5. The van der Waals surface area contributed by atoms with Crippen LogP contribution in [0.5, 0.6) is 0 Å². The Labute approximate surface area is 135 Å². The monoisotopic (exact) mass is 351 g/mol. The Morgan fingerprint density at radius 1 is 1.33 bits per heavy atom. The molecule has 4 nitrogen and oxygen atoms in total. The summed E-state index contributed by atoms with van der Waals surface area (Å²) in [5.74, 6) is 0.514. The smallest absolute Gasteiger partial charge is 0.244 e. The number of hydrogen-bond acceptors (Lipinski definition) is 3. The topological polar surface area (TPSA) is 57.6 Å². The second-order valence-corrected chi connectivity index (χ2v) is 8.23. The molecule has 1 N–H and O–H groups in total. The molecule has 0 bridgehead atoms. The number of benzene rings is 1. The summed E-state index contributed by atoms with van der Waals surface area (Å²) in [7, 11) is -3.68. The molecule has 1 saturated heterocycles. The van der Waals surface area contributed by atoms with Crippen molar-refractivity contribution in [1.29, 1.82) is 0 Å². The Morgan fingerprint density at radius 3 is 2.57 bits per heavy atom. The van der Waals surface area contributed by atoms with E-state index in [1.807, 2.05) is 6.92 Å². The maximum atomic E-state index is 12.8. The lowest BCUT2D eigenvalue weighted by atomic mass is 9.95. The van der Waals surface area contributed by atoms with E-state index < -0.39 is 16.6 Å². The zero-order valence-electron chi connectivity index (χ0n) is 12.0. The molecule has 0 radical (unpaired) electrons. The lowest BCUT2D eigenvalue weighted by molar-refractivity contribution is 0.220. The van der Waals surface area contributed by atoms with E-state index in [0.717, 1.165) is 12.8 Å². The highest BCUT2D eigenvalue weighted by Crippen LogP contribution is 2.35. The minimum Gasteiger partial charge on any atom is -0.392 e. The average molecular weight is 352 g/mol. The molecule has 7 heteroatoms. The van der Waals surface area contributed by atoms with E-state index in [9.17, 15) is 13.5 Å². The number of sulfonamides is 1. The number of piperidine rings is 1. The Hall–Kier alpha value is -0.330. The molecule has 2 atom stereocenters. The molecule has 1 aliphatic rings. The SMILES string of the molecule is CC1CCN(S(=O)(=O)c2ccc(Cl)c(CO)c2Cl)C(C)C1. The van der Waals surface area contributed by atoms with Crippen LogP contribution >= 0.6 is 23.2 Å². The summed E-state index contributed by atoms with van der Waals surface area (Å²) in [4.78, 5) is 0.0130. The second kappa shape index (κ2) is 6.42. The second-order valence-electron chi connectivity index (χ2n) is 5.59. The molecule has 1 heterocycles. The predicted molar refractivity (Wildman–Crippen MR) is 84.1 cm³/mol. The Bertz CT molecular complexity index is 633. The van der Waals surface area contributed by atoms with Gasteiger partial charge in [-0.15, -0.1) is 0 Å². The first-order valence-corrected chi connectivity index (χ1v) is 9.08. The minimum absolute atomic E-state index is 0.0100. The van der Waals surface area contributed by atoms with E-state index in [2.05, 4.69) is 6.92 Å². The lowest BCUT2D eigenvalue weighted by Crippen LogP contribution is -2.44. The van der Waals surface area contributed by atoms with Gasteiger partial charge in [-0.1, -0.05) is 30.1 Å². The lowest BCUT2D eigenvalue weighted by Gasteiger charge is -2.35. The average Bonchev–Trinajstić information content (AvgIpc) is 2.38. The van der Waals surface area contributed by atoms with Gasteiger partial charge in [0.2, 0.25) is 10.0 Å². The molecular formula is C14H19Cl2NO3S. The molecule has 0 aliphatic carbocycles. The van der Waals surface area contributed by atoms with Gasteiger partial charge in [0.1, 0.15) is 4.90 Å². The van der Waals surface area contributed by atoms with Crippen molar-refractivity contribution in [2.75, 3.05) is 6.54 Å². The molecule has 0 amide bonds. The van der Waals surface area contributed by atoms with Crippen LogP contribution in [0, 0.1) is 5.92 Å². The van der Waals surface area contributed by atoms with Crippen LogP contribution in [0.2, 0.25) is 10.0 Å². The third-order valence-electron chi connectivity index (χ3n) is 3.97. The van der Waals surface area contributed by atoms with Crippen LogP contribution < -0.4 is 0 Å². The molecular weight excluding hydrogens is 333 g/mol. The molecule has 0 saturated carbocycles. The maximum Gasteiger partial charge on any atom is 0.244 e. The molecule has 1 fully saturated rings. The number of aliphatic hydroxyl groups is 1. The summed E-state index contributed by atoms with van der Waals surface area (Å²) in [5.41, 5.74) is 0.248. The van der Waals surface area contributed by atoms with Gasteiger partial charge in [0.05, 0.1) is 11.6 Å². The van der Waals surface area contributed by atoms with Gasteiger partial charge in [-0.05, 0) is 37.8 Å². The molecule has 1 aromatic rings. The highest BCUT2D eigenvalue weighted by Gasteiger charge is 2.35. The molecule has 118 valence electrons. The Balaban J connectivity index is 2.45. The first kappa shape index (κ1) is 17.0. The normalized spacial score (nSPS) is 24.2. The van der Waals surface area contributed by atoms with Crippen LogP contribution in [0.4, 0.5) is 0 Å². The number of nitrogens with zero attached hydrogens (tertiary/aromatic N) is 1. The van der Waals surface area contributed by atoms with E-state index in [1.54, 1.807) is 0 Å². The molecule has 2 unspecified atom stereocenters. The molecule has 1 aromatic carbocycles. The third-order valence-corrected chi connectivity index (χ3v) is 6.93. The molecule has 0 aromatic heterocycles. The number of rotatable bonds is 3. The summed E-state index contributed by atoms with van der Waals surface area (Å²) in [6.45, 7) is 4.12. The third kappa shape index (κ3) is 3.22. The fourth-order valence-electron chi connectivity index (χ4n) is 2.79. The quantitative estimate of drug-likeness (QED) is 0.908. The van der Waals surface area contributed by atoms with Gasteiger partial charge in [0.25, 0.3) is 0 Å². The van der Waals surface area contributed by atoms with Crippen LogP contribution in [0.15, 0.2) is 17.0 Å². The summed E-state index contributed by atoms with van der Waals surface area (Å²) >= 11 is 12.1. The van der Waals surface area contributed by atoms with Gasteiger partial charge < -0.3 is 5.11 Å². The Morgan fingerprint density at radius 2 is 2.00 bits per heavy atom. The van der Waals surface area contributed by atoms with Crippen molar-refractivity contribution >= 4 is 33.2 Å². The summed E-state index contributed by atoms with van der Waals surface area (Å²) in [5, 5.41) is 9.58. The zero-order valence-corrected chi connectivity index (χ0v) is 14.3. The zero-order chi connectivity index (χ0) is 15.8.